The molecule has 7 nitrogen and oxygen atoms in total. The van der Waals surface area contributed by atoms with Crippen molar-refractivity contribution in [3.8, 4) is 0 Å². The van der Waals surface area contributed by atoms with Crippen molar-refractivity contribution in [2.24, 2.45) is 0 Å². The van der Waals surface area contributed by atoms with E-state index in [1.165, 1.54) is 17.8 Å². The molecule has 0 spiro atoms. The fourth-order valence-electron chi connectivity index (χ4n) is 3.75. The molecule has 1 aromatic heterocycles. The van der Waals surface area contributed by atoms with E-state index in [1.807, 2.05) is 18.2 Å². The minimum Gasteiger partial charge on any atom is -0.358 e. The average Bonchev–Trinajstić information content (AvgIpc) is 3.04. The first-order chi connectivity index (χ1) is 14.1. The minimum absolute atomic E-state index is 0.118. The van der Waals surface area contributed by atoms with Gasteiger partial charge in [0.15, 0.2) is 0 Å². The van der Waals surface area contributed by atoms with E-state index in [4.69, 9.17) is 0 Å². The molecule has 8 heteroatoms. The van der Waals surface area contributed by atoms with Crippen LogP contribution in [0.4, 0.5) is 10.5 Å². The zero-order valence-corrected chi connectivity index (χ0v) is 18.1. The highest BCUT2D eigenvalue weighted by atomic mass is 32.2. The fraction of sp³-hybridized carbons (Fsp3) is 0.318. The number of sulfonamides is 1. The first kappa shape index (κ1) is 20.4. The van der Waals surface area contributed by atoms with Crippen LogP contribution in [-0.4, -0.2) is 36.4 Å². The molecule has 1 aliphatic heterocycles. The number of carbonyl (C=O) groups excluding carboxylic acids is 1. The number of anilines is 1. The topological polar surface area (TPSA) is 94.3 Å². The molecule has 2 aromatic carbocycles. The van der Waals surface area contributed by atoms with Gasteiger partial charge in [-0.2, -0.15) is 0 Å². The van der Waals surface area contributed by atoms with Crippen LogP contribution in [0.2, 0.25) is 0 Å². The monoisotopic (exact) mass is 426 g/mol. The van der Waals surface area contributed by atoms with Gasteiger partial charge in [-0.15, -0.1) is 0 Å². The molecule has 0 saturated carbocycles. The van der Waals surface area contributed by atoms with Gasteiger partial charge in [-0.05, 0) is 45.0 Å². The molecule has 0 bridgehead atoms. The zero-order valence-electron chi connectivity index (χ0n) is 17.3. The molecule has 0 radical (unpaired) electrons. The second kappa shape index (κ2) is 7.45. The lowest BCUT2D eigenvalue weighted by molar-refractivity contribution is 0.206. The number of nitrogens with one attached hydrogen (secondary N) is 3. The van der Waals surface area contributed by atoms with E-state index in [2.05, 4.69) is 21.1 Å². The summed E-state index contributed by atoms with van der Waals surface area (Å²) < 4.78 is 27.8. The third-order valence-electron chi connectivity index (χ3n) is 5.01. The lowest BCUT2D eigenvalue weighted by Gasteiger charge is -2.27. The van der Waals surface area contributed by atoms with Crippen molar-refractivity contribution in [3.05, 3.63) is 59.8 Å². The number of hydrogen-bond acceptors (Lipinski definition) is 3. The maximum Gasteiger partial charge on any atom is 0.322 e. The molecule has 2 heterocycles. The SMILES string of the molecule is CC(C)(C)NS(=O)(=O)c1cccc(NC(=O)N2CCc3[nH]c4ccccc4c3C2)c1. The van der Waals surface area contributed by atoms with Crippen LogP contribution < -0.4 is 10.0 Å². The summed E-state index contributed by atoms with van der Waals surface area (Å²) >= 11 is 0. The molecule has 3 N–H and O–H groups in total. The number of fused-ring (bicyclic) bond motifs is 3. The van der Waals surface area contributed by atoms with Gasteiger partial charge in [0.2, 0.25) is 10.0 Å². The Hall–Kier alpha value is -2.84. The molecule has 0 fully saturated rings. The van der Waals surface area contributed by atoms with Gasteiger partial charge in [0, 0.05) is 52.9 Å². The van der Waals surface area contributed by atoms with Crippen LogP contribution in [-0.2, 0) is 23.0 Å². The van der Waals surface area contributed by atoms with Crippen molar-refractivity contribution >= 4 is 32.6 Å². The van der Waals surface area contributed by atoms with Gasteiger partial charge >= 0.3 is 6.03 Å². The molecule has 0 unspecified atom stereocenters. The Morgan fingerprint density at radius 1 is 1.10 bits per heavy atom. The number of rotatable bonds is 3. The predicted octanol–water partition coefficient (Wildman–Crippen LogP) is 3.83. The van der Waals surface area contributed by atoms with E-state index in [-0.39, 0.29) is 10.9 Å². The number of aromatic nitrogens is 1. The van der Waals surface area contributed by atoms with E-state index in [0.717, 1.165) is 22.9 Å². The number of nitrogens with zero attached hydrogens (tertiary/aromatic N) is 1. The Labute approximate surface area is 176 Å². The summed E-state index contributed by atoms with van der Waals surface area (Å²) in [6.07, 6.45) is 0.751. The first-order valence-electron chi connectivity index (χ1n) is 9.91. The Balaban J connectivity index is 1.51. The highest BCUT2D eigenvalue weighted by molar-refractivity contribution is 7.89. The summed E-state index contributed by atoms with van der Waals surface area (Å²) in [4.78, 5) is 18.2. The fourth-order valence-corrected chi connectivity index (χ4v) is 5.21. The molecule has 0 aliphatic carbocycles. The summed E-state index contributed by atoms with van der Waals surface area (Å²) in [6.45, 7) is 6.45. The second-order valence-electron chi connectivity index (χ2n) is 8.61. The summed E-state index contributed by atoms with van der Waals surface area (Å²) in [5.41, 5.74) is 3.23. The number of carbonyl (C=O) groups is 1. The highest BCUT2D eigenvalue weighted by Gasteiger charge is 2.25. The number of H-pyrrole nitrogens is 1. The summed E-state index contributed by atoms with van der Waals surface area (Å²) in [5, 5.41) is 3.97. The summed E-state index contributed by atoms with van der Waals surface area (Å²) in [7, 11) is -3.68. The van der Waals surface area contributed by atoms with Gasteiger partial charge in [0.25, 0.3) is 0 Å². The van der Waals surface area contributed by atoms with Gasteiger partial charge in [-0.1, -0.05) is 24.3 Å². The van der Waals surface area contributed by atoms with Gasteiger partial charge in [-0.25, -0.2) is 17.9 Å². The molecule has 2 amide bonds. The van der Waals surface area contributed by atoms with Crippen molar-refractivity contribution in [2.75, 3.05) is 11.9 Å². The highest BCUT2D eigenvalue weighted by Crippen LogP contribution is 2.28. The summed E-state index contributed by atoms with van der Waals surface area (Å²) in [6, 6.07) is 14.1. The van der Waals surface area contributed by atoms with Crippen molar-refractivity contribution in [3.63, 3.8) is 0 Å². The second-order valence-corrected chi connectivity index (χ2v) is 10.3. The lowest BCUT2D eigenvalue weighted by atomic mass is 10.0. The van der Waals surface area contributed by atoms with Gasteiger partial charge in [0.05, 0.1) is 4.90 Å². The molecule has 4 rings (SSSR count). The van der Waals surface area contributed by atoms with Crippen molar-refractivity contribution in [1.29, 1.82) is 0 Å². The summed E-state index contributed by atoms with van der Waals surface area (Å²) in [5.74, 6) is 0. The van der Waals surface area contributed by atoms with Gasteiger partial charge < -0.3 is 15.2 Å². The zero-order chi connectivity index (χ0) is 21.5. The van der Waals surface area contributed by atoms with Crippen LogP contribution in [0.25, 0.3) is 10.9 Å². The molecule has 0 saturated heterocycles. The minimum atomic E-state index is -3.68. The van der Waals surface area contributed by atoms with Crippen LogP contribution in [0, 0.1) is 0 Å². The van der Waals surface area contributed by atoms with E-state index < -0.39 is 15.6 Å². The van der Waals surface area contributed by atoms with Gasteiger partial charge in [-0.3, -0.25) is 0 Å². The van der Waals surface area contributed by atoms with Crippen LogP contribution >= 0.6 is 0 Å². The third-order valence-corrected chi connectivity index (χ3v) is 6.76. The molecule has 30 heavy (non-hydrogen) atoms. The lowest BCUT2D eigenvalue weighted by Crippen LogP contribution is -2.40. The first-order valence-corrected chi connectivity index (χ1v) is 11.4. The van der Waals surface area contributed by atoms with Crippen LogP contribution in [0.3, 0.4) is 0 Å². The van der Waals surface area contributed by atoms with Crippen molar-refractivity contribution in [2.45, 2.75) is 44.2 Å². The molecule has 3 aromatic rings. The normalized spacial score (nSPS) is 14.6. The standard InChI is InChI=1S/C22H26N4O3S/c1-22(2,3)25-30(28,29)16-8-6-7-15(13-16)23-21(27)26-12-11-20-18(14-26)17-9-4-5-10-19(17)24-20/h4-10,13,24-25H,11-12,14H2,1-3H3,(H,23,27). The van der Waals surface area contributed by atoms with E-state index in [9.17, 15) is 13.2 Å². The largest absolute Gasteiger partial charge is 0.358 e. The van der Waals surface area contributed by atoms with Crippen LogP contribution in [0.1, 0.15) is 32.0 Å². The molecule has 158 valence electrons. The van der Waals surface area contributed by atoms with E-state index in [0.29, 0.717) is 18.8 Å². The quantitative estimate of drug-likeness (QED) is 0.594. The third kappa shape index (κ3) is 4.20. The Morgan fingerprint density at radius 2 is 1.87 bits per heavy atom. The van der Waals surface area contributed by atoms with E-state index >= 15 is 0 Å². The Kier molecular flexibility index (Phi) is 5.07. The van der Waals surface area contributed by atoms with Crippen LogP contribution in [0.5, 0.6) is 0 Å². The van der Waals surface area contributed by atoms with E-state index in [1.54, 1.807) is 37.8 Å². The number of hydrogen-bond donors (Lipinski definition) is 3. The molecular weight excluding hydrogens is 400 g/mol. The Morgan fingerprint density at radius 3 is 2.63 bits per heavy atom. The maximum atomic E-state index is 12.9. The average molecular weight is 427 g/mol. The van der Waals surface area contributed by atoms with Gasteiger partial charge in [0.1, 0.15) is 0 Å². The van der Waals surface area contributed by atoms with Crippen molar-refractivity contribution < 1.29 is 13.2 Å². The predicted molar refractivity (Wildman–Crippen MR) is 118 cm³/mol. The molecular formula is C22H26N4O3S. The smallest absolute Gasteiger partial charge is 0.322 e. The number of urea groups is 1. The van der Waals surface area contributed by atoms with Crippen LogP contribution in [0.15, 0.2) is 53.4 Å². The number of para-hydroxylation sites is 1. The number of aromatic amines is 1. The van der Waals surface area contributed by atoms with Crippen molar-refractivity contribution in [1.82, 2.24) is 14.6 Å². The maximum absolute atomic E-state index is 12.9. The number of amides is 2. The molecule has 1 aliphatic rings. The Bertz CT molecular complexity index is 1210. The number of benzene rings is 2. The molecule has 0 atom stereocenters.